The maximum absolute atomic E-state index is 12.5. The Bertz CT molecular complexity index is 544. The molecule has 1 amide bonds. The van der Waals surface area contributed by atoms with Gasteiger partial charge in [0.25, 0.3) is 5.91 Å². The van der Waals surface area contributed by atoms with Crippen LogP contribution in [0.15, 0.2) is 12.1 Å². The number of esters is 1. The predicted molar refractivity (Wildman–Crippen MR) is 80.0 cm³/mol. The maximum atomic E-state index is 12.5. The van der Waals surface area contributed by atoms with Gasteiger partial charge < -0.3 is 19.1 Å². The van der Waals surface area contributed by atoms with Crippen LogP contribution in [0.1, 0.15) is 32.2 Å². The molecule has 0 N–H and O–H groups in total. The quantitative estimate of drug-likeness (QED) is 0.792. The van der Waals surface area contributed by atoms with Crippen molar-refractivity contribution in [3.8, 4) is 0 Å². The molecule has 2 aliphatic rings. The number of carbonyl (C=O) groups excluding carboxylic acids is 2. The van der Waals surface area contributed by atoms with E-state index in [0.29, 0.717) is 42.0 Å². The molecule has 0 aliphatic carbocycles. The summed E-state index contributed by atoms with van der Waals surface area (Å²) < 4.78 is 15.7. The van der Waals surface area contributed by atoms with Crippen LogP contribution in [0.25, 0.3) is 0 Å². The van der Waals surface area contributed by atoms with Crippen LogP contribution < -0.4 is 0 Å². The van der Waals surface area contributed by atoms with Crippen molar-refractivity contribution >= 4 is 23.2 Å². The summed E-state index contributed by atoms with van der Waals surface area (Å²) >= 11 is 1.18. The Labute approximate surface area is 132 Å². The van der Waals surface area contributed by atoms with Crippen LogP contribution in [-0.4, -0.2) is 56.5 Å². The number of carbonyl (C=O) groups is 2. The van der Waals surface area contributed by atoms with Crippen LogP contribution in [0.2, 0.25) is 0 Å². The Morgan fingerprint density at radius 3 is 2.45 bits per heavy atom. The van der Waals surface area contributed by atoms with E-state index >= 15 is 0 Å². The minimum absolute atomic E-state index is 0.0214. The van der Waals surface area contributed by atoms with Gasteiger partial charge in [0.05, 0.1) is 25.2 Å². The number of ether oxygens (including phenoxy) is 3. The molecule has 1 aromatic rings. The molecule has 0 aromatic carbocycles. The zero-order valence-electron chi connectivity index (χ0n) is 12.4. The lowest BCUT2D eigenvalue weighted by Gasteiger charge is -2.33. The molecule has 3 rings (SSSR count). The fourth-order valence-corrected chi connectivity index (χ4v) is 3.73. The molecule has 7 heteroatoms. The van der Waals surface area contributed by atoms with Crippen molar-refractivity contribution in [3.63, 3.8) is 0 Å². The van der Waals surface area contributed by atoms with E-state index in [1.54, 1.807) is 12.1 Å². The average Bonchev–Trinajstić information content (AvgIpc) is 3.25. The summed E-state index contributed by atoms with van der Waals surface area (Å²) in [6.07, 6.45) is 1.65. The van der Waals surface area contributed by atoms with E-state index in [0.717, 1.165) is 12.8 Å². The number of thiophene rings is 1. The topological polar surface area (TPSA) is 65.1 Å². The molecular formula is C15H19NO5S. The molecule has 0 saturated carbocycles. The standard InChI is InChI=1S/C15H19NO5S/c1-19-14(18)12-3-2-11(22-12)13(17)16-6-4-10(5-7-16)15-20-8-9-21-15/h2-3,10,15H,4-9H2,1H3. The lowest BCUT2D eigenvalue weighted by atomic mass is 9.96. The highest BCUT2D eigenvalue weighted by atomic mass is 32.1. The first kappa shape index (κ1) is 15.5. The van der Waals surface area contributed by atoms with Crippen LogP contribution in [0.4, 0.5) is 0 Å². The van der Waals surface area contributed by atoms with Crippen molar-refractivity contribution in [1.29, 1.82) is 0 Å². The second kappa shape index (κ2) is 6.76. The summed E-state index contributed by atoms with van der Waals surface area (Å²) in [5.74, 6) is -0.0642. The van der Waals surface area contributed by atoms with Gasteiger partial charge >= 0.3 is 5.97 Å². The van der Waals surface area contributed by atoms with Gasteiger partial charge in [0.1, 0.15) is 4.88 Å². The third-order valence-electron chi connectivity index (χ3n) is 4.06. The van der Waals surface area contributed by atoms with Gasteiger partial charge in [-0.25, -0.2) is 4.79 Å². The molecule has 0 unspecified atom stereocenters. The van der Waals surface area contributed by atoms with Crippen LogP contribution in [-0.2, 0) is 14.2 Å². The van der Waals surface area contributed by atoms with Gasteiger partial charge in [0.15, 0.2) is 6.29 Å². The molecule has 0 atom stereocenters. The van der Waals surface area contributed by atoms with E-state index in [1.807, 2.05) is 4.90 Å². The summed E-state index contributed by atoms with van der Waals surface area (Å²) in [5.41, 5.74) is 0. The van der Waals surface area contributed by atoms with E-state index in [4.69, 9.17) is 9.47 Å². The zero-order chi connectivity index (χ0) is 15.5. The number of rotatable bonds is 3. The molecule has 22 heavy (non-hydrogen) atoms. The monoisotopic (exact) mass is 325 g/mol. The molecule has 2 fully saturated rings. The van der Waals surface area contributed by atoms with Crippen molar-refractivity contribution in [2.75, 3.05) is 33.4 Å². The van der Waals surface area contributed by atoms with E-state index in [-0.39, 0.29) is 12.2 Å². The van der Waals surface area contributed by atoms with Crippen molar-refractivity contribution < 1.29 is 23.8 Å². The lowest BCUT2D eigenvalue weighted by Crippen LogP contribution is -2.41. The number of amides is 1. The number of hydrogen-bond donors (Lipinski definition) is 0. The van der Waals surface area contributed by atoms with Crippen LogP contribution >= 0.6 is 11.3 Å². The van der Waals surface area contributed by atoms with Crippen molar-refractivity contribution in [2.45, 2.75) is 19.1 Å². The Kier molecular flexibility index (Phi) is 4.75. The molecule has 120 valence electrons. The van der Waals surface area contributed by atoms with Gasteiger partial charge in [0, 0.05) is 19.0 Å². The molecule has 0 bridgehead atoms. The first-order chi connectivity index (χ1) is 10.7. The number of methoxy groups -OCH3 is 1. The second-order valence-corrected chi connectivity index (χ2v) is 6.48. The third-order valence-corrected chi connectivity index (χ3v) is 5.12. The van der Waals surface area contributed by atoms with Gasteiger partial charge in [-0.3, -0.25) is 4.79 Å². The molecule has 2 saturated heterocycles. The highest BCUT2D eigenvalue weighted by Gasteiger charge is 2.32. The van der Waals surface area contributed by atoms with Crippen molar-refractivity contribution in [3.05, 3.63) is 21.9 Å². The molecule has 0 spiro atoms. The SMILES string of the molecule is COC(=O)c1ccc(C(=O)N2CCC(C3OCCO3)CC2)s1. The Balaban J connectivity index is 1.57. The minimum atomic E-state index is -0.404. The van der Waals surface area contributed by atoms with Crippen LogP contribution in [0.5, 0.6) is 0 Å². The van der Waals surface area contributed by atoms with Gasteiger partial charge in [-0.1, -0.05) is 0 Å². The molecule has 1 aromatic heterocycles. The smallest absolute Gasteiger partial charge is 0.348 e. The highest BCUT2D eigenvalue weighted by molar-refractivity contribution is 7.15. The molecular weight excluding hydrogens is 306 g/mol. The molecule has 2 aliphatic heterocycles. The Morgan fingerprint density at radius 1 is 1.18 bits per heavy atom. The van der Waals surface area contributed by atoms with E-state index in [2.05, 4.69) is 4.74 Å². The number of piperidine rings is 1. The van der Waals surface area contributed by atoms with Crippen molar-refractivity contribution in [2.24, 2.45) is 5.92 Å². The largest absolute Gasteiger partial charge is 0.465 e. The highest BCUT2D eigenvalue weighted by Crippen LogP contribution is 2.27. The number of likely N-dealkylation sites (tertiary alicyclic amines) is 1. The Morgan fingerprint density at radius 2 is 1.82 bits per heavy atom. The lowest BCUT2D eigenvalue weighted by molar-refractivity contribution is -0.0956. The van der Waals surface area contributed by atoms with Gasteiger partial charge in [-0.2, -0.15) is 0 Å². The second-order valence-electron chi connectivity index (χ2n) is 5.40. The third kappa shape index (κ3) is 3.16. The zero-order valence-corrected chi connectivity index (χ0v) is 13.3. The van der Waals surface area contributed by atoms with Crippen LogP contribution in [0.3, 0.4) is 0 Å². The summed E-state index contributed by atoms with van der Waals surface area (Å²) in [6, 6.07) is 3.32. The maximum Gasteiger partial charge on any atom is 0.348 e. The summed E-state index contributed by atoms with van der Waals surface area (Å²) in [6.45, 7) is 2.71. The fourth-order valence-electron chi connectivity index (χ4n) is 2.84. The fraction of sp³-hybridized carbons (Fsp3) is 0.600. The average molecular weight is 325 g/mol. The first-order valence-electron chi connectivity index (χ1n) is 7.39. The van der Waals surface area contributed by atoms with Gasteiger partial charge in [0.2, 0.25) is 0 Å². The van der Waals surface area contributed by atoms with Crippen molar-refractivity contribution in [1.82, 2.24) is 4.90 Å². The Hall–Kier alpha value is -1.44. The van der Waals surface area contributed by atoms with E-state index in [1.165, 1.54) is 18.4 Å². The van der Waals surface area contributed by atoms with E-state index in [9.17, 15) is 9.59 Å². The first-order valence-corrected chi connectivity index (χ1v) is 8.21. The normalized spacial score (nSPS) is 20.3. The van der Waals surface area contributed by atoms with Crippen LogP contribution in [0, 0.1) is 5.92 Å². The minimum Gasteiger partial charge on any atom is -0.465 e. The molecule has 3 heterocycles. The summed E-state index contributed by atoms with van der Waals surface area (Å²) in [5, 5.41) is 0. The number of hydrogen-bond acceptors (Lipinski definition) is 6. The molecule has 6 nitrogen and oxygen atoms in total. The van der Waals surface area contributed by atoms with Gasteiger partial charge in [-0.05, 0) is 25.0 Å². The summed E-state index contributed by atoms with van der Waals surface area (Å²) in [7, 11) is 1.33. The van der Waals surface area contributed by atoms with E-state index < -0.39 is 5.97 Å². The molecule has 0 radical (unpaired) electrons. The number of nitrogens with zero attached hydrogens (tertiary/aromatic N) is 1. The summed E-state index contributed by atoms with van der Waals surface area (Å²) in [4.78, 5) is 26.8. The van der Waals surface area contributed by atoms with Gasteiger partial charge in [-0.15, -0.1) is 11.3 Å². The predicted octanol–water partition coefficient (Wildman–Crippen LogP) is 1.76.